The van der Waals surface area contributed by atoms with E-state index in [4.69, 9.17) is 4.74 Å². The maximum atomic E-state index is 13.1. The topological polar surface area (TPSA) is 84.4 Å². The zero-order valence-corrected chi connectivity index (χ0v) is 21.8. The number of likely N-dealkylation sites (tertiary alicyclic amines) is 1. The highest BCUT2D eigenvalue weighted by Gasteiger charge is 2.68. The molecule has 2 aliphatic rings. The van der Waals surface area contributed by atoms with Gasteiger partial charge in [0.15, 0.2) is 5.13 Å². The smallest absolute Gasteiger partial charge is 0.276 e. The van der Waals surface area contributed by atoms with Crippen molar-refractivity contribution in [2.24, 2.45) is 16.7 Å². The lowest BCUT2D eigenvalue weighted by molar-refractivity contribution is -0.134. The number of carbonyl (C=O) groups is 2. The highest BCUT2D eigenvalue weighted by atomic mass is 32.1. The number of nitrogens with zero attached hydrogens (tertiary/aromatic N) is 3. The fourth-order valence-electron chi connectivity index (χ4n) is 5.23. The van der Waals surface area contributed by atoms with Gasteiger partial charge in [-0.2, -0.15) is 0 Å². The molecule has 1 saturated carbocycles. The minimum Gasteiger partial charge on any atom is -0.494 e. The van der Waals surface area contributed by atoms with E-state index in [9.17, 15) is 9.59 Å². The van der Waals surface area contributed by atoms with E-state index < -0.39 is 0 Å². The Bertz CT molecular complexity index is 1240. The van der Waals surface area contributed by atoms with E-state index >= 15 is 0 Å². The second-order valence-electron chi connectivity index (χ2n) is 10.3. The third-order valence-electron chi connectivity index (χ3n) is 8.00. The zero-order chi connectivity index (χ0) is 24.3. The van der Waals surface area contributed by atoms with Crippen molar-refractivity contribution in [3.8, 4) is 5.75 Å². The molecule has 5 rings (SSSR count). The average molecular weight is 499 g/mol. The van der Waals surface area contributed by atoms with Crippen LogP contribution in [0.25, 0.3) is 10.2 Å². The molecule has 180 valence electrons. The molecule has 34 heavy (non-hydrogen) atoms. The van der Waals surface area contributed by atoms with Gasteiger partial charge in [-0.05, 0) is 35.8 Å². The molecule has 7 nitrogen and oxygen atoms in total. The van der Waals surface area contributed by atoms with E-state index in [1.165, 1.54) is 22.7 Å². The molecule has 1 aliphatic carbocycles. The van der Waals surface area contributed by atoms with E-state index in [0.717, 1.165) is 41.2 Å². The lowest BCUT2D eigenvalue weighted by Crippen LogP contribution is -2.39. The number of amides is 2. The first kappa shape index (κ1) is 23.2. The Morgan fingerprint density at radius 3 is 2.47 bits per heavy atom. The SMILES string of the molecule is COc1cccc2sc(NC(=O)c3csc(C4CCN(C(=O)C5C(C)(C)C5(C)C)CC4)n3)nc12. The summed E-state index contributed by atoms with van der Waals surface area (Å²) in [7, 11) is 1.61. The summed E-state index contributed by atoms with van der Waals surface area (Å²) in [6.07, 6.45) is 1.76. The summed E-state index contributed by atoms with van der Waals surface area (Å²) < 4.78 is 6.31. The largest absolute Gasteiger partial charge is 0.494 e. The van der Waals surface area contributed by atoms with Crippen LogP contribution in [0.15, 0.2) is 23.6 Å². The first-order chi connectivity index (χ1) is 16.1. The summed E-state index contributed by atoms with van der Waals surface area (Å²) in [5.74, 6) is 1.10. The van der Waals surface area contributed by atoms with Crippen molar-refractivity contribution < 1.29 is 14.3 Å². The van der Waals surface area contributed by atoms with Gasteiger partial charge in [-0.15, -0.1) is 11.3 Å². The minimum absolute atomic E-state index is 0.0624. The number of ether oxygens (including phenoxy) is 1. The Labute approximate surface area is 207 Å². The number of hydrogen-bond donors (Lipinski definition) is 1. The van der Waals surface area contributed by atoms with Gasteiger partial charge in [-0.1, -0.05) is 45.1 Å². The third-order valence-corrected chi connectivity index (χ3v) is 9.94. The number of hydrogen-bond acceptors (Lipinski definition) is 7. The lowest BCUT2D eigenvalue weighted by atomic mass is 9.96. The highest BCUT2D eigenvalue weighted by Crippen LogP contribution is 2.68. The second kappa shape index (κ2) is 8.30. The molecule has 0 spiro atoms. The van der Waals surface area contributed by atoms with E-state index in [0.29, 0.717) is 22.5 Å². The molecule has 1 saturated heterocycles. The lowest BCUT2D eigenvalue weighted by Gasteiger charge is -2.31. The molecule has 3 aromatic rings. The van der Waals surface area contributed by atoms with Gasteiger partial charge in [0.05, 0.1) is 16.8 Å². The Hall–Kier alpha value is -2.52. The maximum Gasteiger partial charge on any atom is 0.276 e. The summed E-state index contributed by atoms with van der Waals surface area (Å²) in [6.45, 7) is 10.3. The van der Waals surface area contributed by atoms with Crippen LogP contribution in [0.2, 0.25) is 0 Å². The van der Waals surface area contributed by atoms with E-state index in [1.807, 2.05) is 28.5 Å². The Morgan fingerprint density at radius 2 is 1.82 bits per heavy atom. The van der Waals surface area contributed by atoms with Crippen LogP contribution in [-0.2, 0) is 4.79 Å². The van der Waals surface area contributed by atoms with Crippen LogP contribution in [0.1, 0.15) is 62.0 Å². The molecule has 1 aromatic carbocycles. The van der Waals surface area contributed by atoms with Crippen molar-refractivity contribution in [1.82, 2.24) is 14.9 Å². The Morgan fingerprint density at radius 1 is 1.12 bits per heavy atom. The standard InChI is InChI=1S/C25H30N4O3S2/c1-24(2)19(25(24,3)4)22(31)29-11-9-14(10-12-29)21-26-15(13-33-21)20(30)28-23-27-18-16(32-5)7-6-8-17(18)34-23/h6-8,13-14,19H,9-12H2,1-5H3,(H,27,28,30). The number of rotatable bonds is 5. The van der Waals surface area contributed by atoms with Crippen molar-refractivity contribution in [3.63, 3.8) is 0 Å². The third kappa shape index (κ3) is 3.79. The average Bonchev–Trinajstić information content (AvgIpc) is 3.27. The molecule has 0 atom stereocenters. The predicted molar refractivity (Wildman–Crippen MR) is 136 cm³/mol. The van der Waals surface area contributed by atoms with Crippen LogP contribution in [0.5, 0.6) is 5.75 Å². The van der Waals surface area contributed by atoms with Gasteiger partial charge in [-0.3, -0.25) is 14.9 Å². The Kier molecular flexibility index (Phi) is 5.67. The quantitative estimate of drug-likeness (QED) is 0.509. The molecule has 0 unspecified atom stereocenters. The number of carbonyl (C=O) groups excluding carboxylic acids is 2. The number of aromatic nitrogens is 2. The molecule has 9 heteroatoms. The van der Waals surface area contributed by atoms with Crippen LogP contribution in [0.3, 0.4) is 0 Å². The zero-order valence-electron chi connectivity index (χ0n) is 20.2. The molecular formula is C25H30N4O3S2. The van der Waals surface area contributed by atoms with Gasteiger partial charge in [-0.25, -0.2) is 9.97 Å². The van der Waals surface area contributed by atoms with Gasteiger partial charge >= 0.3 is 0 Å². The number of nitrogens with one attached hydrogen (secondary N) is 1. The first-order valence-electron chi connectivity index (χ1n) is 11.6. The molecule has 0 bridgehead atoms. The molecule has 2 fully saturated rings. The number of piperidine rings is 1. The van der Waals surface area contributed by atoms with Crippen LogP contribution < -0.4 is 10.1 Å². The van der Waals surface area contributed by atoms with Gasteiger partial charge in [0, 0.05) is 30.3 Å². The number of anilines is 1. The van der Waals surface area contributed by atoms with E-state index in [-0.39, 0.29) is 28.6 Å². The van der Waals surface area contributed by atoms with Gasteiger partial charge < -0.3 is 9.64 Å². The van der Waals surface area contributed by atoms with E-state index in [2.05, 4.69) is 43.0 Å². The van der Waals surface area contributed by atoms with Crippen molar-refractivity contribution in [2.45, 2.75) is 46.5 Å². The van der Waals surface area contributed by atoms with Crippen LogP contribution in [0, 0.1) is 16.7 Å². The number of benzene rings is 1. The van der Waals surface area contributed by atoms with Crippen molar-refractivity contribution in [3.05, 3.63) is 34.3 Å². The molecule has 3 heterocycles. The molecule has 1 N–H and O–H groups in total. The van der Waals surface area contributed by atoms with Gasteiger partial charge in [0.25, 0.3) is 5.91 Å². The summed E-state index contributed by atoms with van der Waals surface area (Å²) in [6, 6.07) is 5.71. The fraction of sp³-hybridized carbons (Fsp3) is 0.520. The summed E-state index contributed by atoms with van der Waals surface area (Å²) in [5, 5.41) is 6.18. The van der Waals surface area contributed by atoms with Crippen molar-refractivity contribution >= 4 is 49.8 Å². The van der Waals surface area contributed by atoms with Gasteiger partial charge in [0.2, 0.25) is 5.91 Å². The molecular weight excluding hydrogens is 468 g/mol. The van der Waals surface area contributed by atoms with Crippen molar-refractivity contribution in [1.29, 1.82) is 0 Å². The van der Waals surface area contributed by atoms with Crippen LogP contribution in [-0.4, -0.2) is 46.9 Å². The molecule has 1 aliphatic heterocycles. The minimum atomic E-state index is -0.258. The van der Waals surface area contributed by atoms with Crippen LogP contribution in [0.4, 0.5) is 5.13 Å². The summed E-state index contributed by atoms with van der Waals surface area (Å²) >= 11 is 2.93. The monoisotopic (exact) mass is 498 g/mol. The van der Waals surface area contributed by atoms with E-state index in [1.54, 1.807) is 7.11 Å². The van der Waals surface area contributed by atoms with Crippen LogP contribution >= 0.6 is 22.7 Å². The summed E-state index contributed by atoms with van der Waals surface area (Å²) in [5.41, 5.74) is 1.27. The predicted octanol–water partition coefficient (Wildman–Crippen LogP) is 5.40. The highest BCUT2D eigenvalue weighted by molar-refractivity contribution is 7.22. The number of thiazole rings is 2. The molecule has 2 amide bonds. The second-order valence-corrected chi connectivity index (χ2v) is 12.2. The number of para-hydroxylation sites is 1. The normalized spacial score (nSPS) is 19.9. The molecule has 2 aromatic heterocycles. The first-order valence-corrected chi connectivity index (χ1v) is 13.3. The Balaban J connectivity index is 1.20. The molecule has 0 radical (unpaired) electrons. The maximum absolute atomic E-state index is 13.1. The fourth-order valence-corrected chi connectivity index (χ4v) is 7.07. The summed E-state index contributed by atoms with van der Waals surface area (Å²) in [4.78, 5) is 37.0. The van der Waals surface area contributed by atoms with Crippen molar-refractivity contribution in [2.75, 3.05) is 25.5 Å². The van der Waals surface area contributed by atoms with Gasteiger partial charge in [0.1, 0.15) is 17.0 Å². The number of methoxy groups -OCH3 is 1. The number of fused-ring (bicyclic) bond motifs is 1.